The van der Waals surface area contributed by atoms with E-state index in [0.717, 1.165) is 11.4 Å². The number of rotatable bonds is 3. The predicted molar refractivity (Wildman–Crippen MR) is 82.2 cm³/mol. The maximum atomic E-state index is 5.26. The van der Waals surface area contributed by atoms with E-state index in [2.05, 4.69) is 41.7 Å². The molecule has 5 heteroatoms. The van der Waals surface area contributed by atoms with Crippen molar-refractivity contribution in [2.75, 3.05) is 5.32 Å². The highest BCUT2D eigenvalue weighted by atomic mass is 32.1. The first-order chi connectivity index (χ1) is 9.04. The highest BCUT2D eigenvalue weighted by Crippen LogP contribution is 2.13. The van der Waals surface area contributed by atoms with Crippen LogP contribution in [0.25, 0.3) is 0 Å². The molecule has 1 aromatic heterocycles. The van der Waals surface area contributed by atoms with Gasteiger partial charge >= 0.3 is 0 Å². The summed E-state index contributed by atoms with van der Waals surface area (Å²) < 4.78 is 1.77. The monoisotopic (exact) mass is 274 g/mol. The van der Waals surface area contributed by atoms with Crippen molar-refractivity contribution in [3.05, 3.63) is 47.3 Å². The minimum Gasteiger partial charge on any atom is -0.357 e. The number of aryl methyl sites for hydroxylation is 3. The molecule has 0 amide bonds. The van der Waals surface area contributed by atoms with Crippen molar-refractivity contribution >= 4 is 23.0 Å². The van der Waals surface area contributed by atoms with Crippen LogP contribution in [-0.2, 0) is 13.6 Å². The van der Waals surface area contributed by atoms with Crippen LogP contribution in [0.4, 0.5) is 5.69 Å². The van der Waals surface area contributed by atoms with Gasteiger partial charge in [0.25, 0.3) is 0 Å². The van der Waals surface area contributed by atoms with Gasteiger partial charge in [-0.05, 0) is 55.4 Å². The summed E-state index contributed by atoms with van der Waals surface area (Å²) in [7, 11) is 1.90. The van der Waals surface area contributed by atoms with Crippen molar-refractivity contribution in [2.45, 2.75) is 20.4 Å². The lowest BCUT2D eigenvalue weighted by atomic mass is 10.1. The van der Waals surface area contributed by atoms with E-state index >= 15 is 0 Å². The molecule has 0 unspecified atom stereocenters. The normalized spacial score (nSPS) is 10.3. The Hall–Kier alpha value is -1.88. The van der Waals surface area contributed by atoms with Gasteiger partial charge in [-0.2, -0.15) is 5.10 Å². The van der Waals surface area contributed by atoms with Crippen LogP contribution in [0.5, 0.6) is 0 Å². The van der Waals surface area contributed by atoms with Crippen LogP contribution in [0, 0.1) is 13.8 Å². The molecule has 0 aliphatic rings. The first-order valence-corrected chi connectivity index (χ1v) is 6.56. The molecule has 0 radical (unpaired) electrons. The van der Waals surface area contributed by atoms with E-state index in [0.29, 0.717) is 11.7 Å². The van der Waals surface area contributed by atoms with Crippen LogP contribution in [0.3, 0.4) is 0 Å². The van der Waals surface area contributed by atoms with Gasteiger partial charge in [0.1, 0.15) is 0 Å². The van der Waals surface area contributed by atoms with Gasteiger partial charge in [0, 0.05) is 18.9 Å². The molecule has 4 nitrogen and oxygen atoms in total. The molecule has 2 aromatic rings. The molecule has 2 rings (SSSR count). The van der Waals surface area contributed by atoms with Crippen molar-refractivity contribution in [3.8, 4) is 0 Å². The van der Waals surface area contributed by atoms with Gasteiger partial charge in [-0.1, -0.05) is 6.07 Å². The lowest BCUT2D eigenvalue weighted by Crippen LogP contribution is -2.28. The largest absolute Gasteiger partial charge is 0.357 e. The van der Waals surface area contributed by atoms with E-state index in [4.69, 9.17) is 12.2 Å². The van der Waals surface area contributed by atoms with Crippen LogP contribution in [-0.4, -0.2) is 14.9 Å². The second kappa shape index (κ2) is 5.84. The van der Waals surface area contributed by atoms with Crippen LogP contribution in [0.15, 0.2) is 30.5 Å². The van der Waals surface area contributed by atoms with Gasteiger partial charge in [-0.3, -0.25) is 4.68 Å². The highest BCUT2D eigenvalue weighted by molar-refractivity contribution is 7.80. The zero-order valence-corrected chi connectivity index (χ0v) is 12.2. The van der Waals surface area contributed by atoms with Crippen LogP contribution < -0.4 is 10.6 Å². The molecule has 0 saturated carbocycles. The second-order valence-electron chi connectivity index (χ2n) is 4.59. The third-order valence-corrected chi connectivity index (χ3v) is 3.21. The van der Waals surface area contributed by atoms with Gasteiger partial charge in [-0.25, -0.2) is 0 Å². The average Bonchev–Trinajstić information content (AvgIpc) is 2.77. The third-order valence-electron chi connectivity index (χ3n) is 2.96. The first kappa shape index (κ1) is 13.5. The Bertz CT molecular complexity index is 589. The Balaban J connectivity index is 1.88. The van der Waals surface area contributed by atoms with E-state index in [1.54, 1.807) is 4.68 Å². The topological polar surface area (TPSA) is 41.9 Å². The molecule has 19 heavy (non-hydrogen) atoms. The fourth-order valence-corrected chi connectivity index (χ4v) is 1.91. The number of hydrogen-bond acceptors (Lipinski definition) is 2. The lowest BCUT2D eigenvalue weighted by molar-refractivity contribution is 0.731. The summed E-state index contributed by atoms with van der Waals surface area (Å²) >= 11 is 5.26. The fraction of sp³-hybridized carbons (Fsp3) is 0.286. The van der Waals surface area contributed by atoms with Gasteiger partial charge < -0.3 is 10.6 Å². The molecule has 1 heterocycles. The van der Waals surface area contributed by atoms with Crippen LogP contribution in [0.2, 0.25) is 0 Å². The Morgan fingerprint density at radius 2 is 2.05 bits per heavy atom. The second-order valence-corrected chi connectivity index (χ2v) is 5.00. The van der Waals surface area contributed by atoms with Crippen molar-refractivity contribution in [1.29, 1.82) is 0 Å². The number of thiocarbonyl (C=S) groups is 1. The number of nitrogens with one attached hydrogen (secondary N) is 2. The van der Waals surface area contributed by atoms with Crippen molar-refractivity contribution in [2.24, 2.45) is 7.05 Å². The zero-order chi connectivity index (χ0) is 13.8. The molecule has 0 aliphatic carbocycles. The number of benzene rings is 1. The van der Waals surface area contributed by atoms with Gasteiger partial charge in [0.2, 0.25) is 0 Å². The summed E-state index contributed by atoms with van der Waals surface area (Å²) in [6.07, 6.45) is 1.91. The van der Waals surface area contributed by atoms with E-state index in [1.807, 2.05) is 25.4 Å². The Morgan fingerprint density at radius 1 is 1.26 bits per heavy atom. The van der Waals surface area contributed by atoms with E-state index < -0.39 is 0 Å². The van der Waals surface area contributed by atoms with Crippen LogP contribution in [0.1, 0.15) is 16.8 Å². The van der Waals surface area contributed by atoms with Crippen molar-refractivity contribution in [3.63, 3.8) is 0 Å². The third kappa shape index (κ3) is 3.79. The minimum absolute atomic E-state index is 0.605. The van der Waals surface area contributed by atoms with Crippen molar-refractivity contribution < 1.29 is 0 Å². The van der Waals surface area contributed by atoms with Crippen molar-refractivity contribution in [1.82, 2.24) is 15.1 Å². The molecular weight excluding hydrogens is 256 g/mol. The summed E-state index contributed by atoms with van der Waals surface area (Å²) in [5.41, 5.74) is 4.49. The molecule has 0 atom stereocenters. The summed E-state index contributed by atoms with van der Waals surface area (Å²) in [4.78, 5) is 0. The maximum absolute atomic E-state index is 5.26. The fourth-order valence-electron chi connectivity index (χ4n) is 1.72. The Morgan fingerprint density at radius 3 is 2.68 bits per heavy atom. The Kier molecular flexibility index (Phi) is 4.16. The smallest absolute Gasteiger partial charge is 0.171 e. The molecular formula is C14H18N4S. The van der Waals surface area contributed by atoms with E-state index in [-0.39, 0.29) is 0 Å². The molecule has 100 valence electrons. The number of aromatic nitrogens is 2. The molecule has 0 saturated heterocycles. The molecule has 0 fully saturated rings. The van der Waals surface area contributed by atoms with E-state index in [9.17, 15) is 0 Å². The summed E-state index contributed by atoms with van der Waals surface area (Å²) in [6.45, 7) is 4.80. The zero-order valence-electron chi connectivity index (χ0n) is 11.4. The molecule has 0 spiro atoms. The number of anilines is 1. The van der Waals surface area contributed by atoms with E-state index in [1.165, 1.54) is 11.1 Å². The number of hydrogen-bond donors (Lipinski definition) is 2. The molecule has 0 aliphatic heterocycles. The Labute approximate surface area is 118 Å². The summed E-state index contributed by atoms with van der Waals surface area (Å²) in [6, 6.07) is 8.16. The number of nitrogens with zero attached hydrogens (tertiary/aromatic N) is 2. The predicted octanol–water partition coefficient (Wildman–Crippen LogP) is 2.52. The van der Waals surface area contributed by atoms with Crippen LogP contribution >= 0.6 is 12.2 Å². The molecule has 0 bridgehead atoms. The standard InChI is InChI=1S/C14H18N4S/c1-10-4-5-12(8-11(10)2)16-14(19)15-9-13-6-7-18(3)17-13/h4-8H,9H2,1-3H3,(H2,15,16,19). The summed E-state index contributed by atoms with van der Waals surface area (Å²) in [5.74, 6) is 0. The first-order valence-electron chi connectivity index (χ1n) is 6.15. The SMILES string of the molecule is Cc1ccc(NC(=S)NCc2ccn(C)n2)cc1C. The van der Waals surface area contributed by atoms with Gasteiger partial charge in [-0.15, -0.1) is 0 Å². The van der Waals surface area contributed by atoms with Gasteiger partial charge in [0.05, 0.1) is 12.2 Å². The maximum Gasteiger partial charge on any atom is 0.171 e. The highest BCUT2D eigenvalue weighted by Gasteiger charge is 2.01. The molecule has 1 aromatic carbocycles. The quantitative estimate of drug-likeness (QED) is 0.844. The minimum atomic E-state index is 0.605. The summed E-state index contributed by atoms with van der Waals surface area (Å²) in [5, 5.41) is 11.2. The van der Waals surface area contributed by atoms with Gasteiger partial charge in [0.15, 0.2) is 5.11 Å². The molecule has 2 N–H and O–H groups in total. The lowest BCUT2D eigenvalue weighted by Gasteiger charge is -2.11. The average molecular weight is 274 g/mol.